The molecule has 0 aromatic carbocycles. The van der Waals surface area contributed by atoms with E-state index in [0.29, 0.717) is 25.3 Å². The number of carbonyl (C=O) groups is 1. The van der Waals surface area contributed by atoms with Crippen molar-refractivity contribution in [3.63, 3.8) is 0 Å². The summed E-state index contributed by atoms with van der Waals surface area (Å²) in [5.41, 5.74) is -0.822. The molecule has 0 radical (unpaired) electrons. The molecule has 1 heterocycles. The van der Waals surface area contributed by atoms with Crippen LogP contribution in [0.15, 0.2) is 0 Å². The second kappa shape index (κ2) is 7.10. The molecule has 0 aliphatic carbocycles. The normalized spacial score (nSPS) is 23.7. The van der Waals surface area contributed by atoms with Crippen LogP contribution in [0, 0.1) is 5.92 Å². The summed E-state index contributed by atoms with van der Waals surface area (Å²) in [5.74, 6) is 0.393. The van der Waals surface area contributed by atoms with Crippen molar-refractivity contribution in [2.75, 3.05) is 13.2 Å². The number of hydrogen-bond acceptors (Lipinski definition) is 3. The predicted molar refractivity (Wildman–Crippen MR) is 71.3 cm³/mol. The van der Waals surface area contributed by atoms with E-state index in [0.717, 1.165) is 25.9 Å². The Morgan fingerprint density at radius 3 is 2.78 bits per heavy atom. The highest BCUT2D eigenvalue weighted by atomic mass is 16.5. The highest BCUT2D eigenvalue weighted by Crippen LogP contribution is 2.17. The van der Waals surface area contributed by atoms with Crippen LogP contribution in [0.4, 0.5) is 0 Å². The standard InChI is InChI=1S/C14H27NO3/c1-11(2)9-14(3,17)10-15-13(16)8-12-6-4-5-7-18-12/h11-12,17H,4-10H2,1-3H3,(H,15,16). The van der Waals surface area contributed by atoms with Gasteiger partial charge in [-0.25, -0.2) is 0 Å². The van der Waals surface area contributed by atoms with Gasteiger partial charge in [0.1, 0.15) is 0 Å². The molecule has 1 rings (SSSR count). The van der Waals surface area contributed by atoms with Crippen LogP contribution in [0.2, 0.25) is 0 Å². The maximum Gasteiger partial charge on any atom is 0.222 e. The summed E-state index contributed by atoms with van der Waals surface area (Å²) < 4.78 is 5.52. The molecule has 106 valence electrons. The average molecular weight is 257 g/mol. The molecule has 0 saturated carbocycles. The van der Waals surface area contributed by atoms with Crippen molar-refractivity contribution < 1.29 is 14.6 Å². The van der Waals surface area contributed by atoms with Crippen molar-refractivity contribution in [2.45, 2.75) is 64.6 Å². The number of aliphatic hydroxyl groups is 1. The molecule has 4 heteroatoms. The van der Waals surface area contributed by atoms with Crippen molar-refractivity contribution >= 4 is 5.91 Å². The van der Waals surface area contributed by atoms with Gasteiger partial charge in [0.2, 0.25) is 5.91 Å². The third-order valence-corrected chi connectivity index (χ3v) is 3.20. The number of hydrogen-bond donors (Lipinski definition) is 2. The van der Waals surface area contributed by atoms with Gasteiger partial charge in [0.05, 0.1) is 18.1 Å². The first-order valence-corrected chi connectivity index (χ1v) is 7.00. The molecule has 0 aromatic heterocycles. The lowest BCUT2D eigenvalue weighted by molar-refractivity contribution is -0.126. The quantitative estimate of drug-likeness (QED) is 0.763. The third-order valence-electron chi connectivity index (χ3n) is 3.20. The lowest BCUT2D eigenvalue weighted by atomic mass is 9.94. The topological polar surface area (TPSA) is 58.6 Å². The Morgan fingerprint density at radius 1 is 1.50 bits per heavy atom. The fraction of sp³-hybridized carbons (Fsp3) is 0.929. The highest BCUT2D eigenvalue weighted by Gasteiger charge is 2.24. The zero-order valence-corrected chi connectivity index (χ0v) is 11.9. The van der Waals surface area contributed by atoms with Crippen LogP contribution in [-0.2, 0) is 9.53 Å². The molecule has 2 unspecified atom stereocenters. The lowest BCUT2D eigenvalue weighted by Gasteiger charge is -2.26. The molecule has 1 fully saturated rings. The molecule has 2 N–H and O–H groups in total. The van der Waals surface area contributed by atoms with Crippen LogP contribution in [0.3, 0.4) is 0 Å². The molecule has 1 aliphatic rings. The first kappa shape index (κ1) is 15.4. The number of ether oxygens (including phenoxy) is 1. The molecule has 1 amide bonds. The largest absolute Gasteiger partial charge is 0.388 e. The van der Waals surface area contributed by atoms with Crippen molar-refractivity contribution in [1.82, 2.24) is 5.32 Å². The van der Waals surface area contributed by atoms with Gasteiger partial charge in [-0.05, 0) is 38.5 Å². The van der Waals surface area contributed by atoms with Gasteiger partial charge in [-0.15, -0.1) is 0 Å². The molecule has 18 heavy (non-hydrogen) atoms. The van der Waals surface area contributed by atoms with E-state index < -0.39 is 5.60 Å². The maximum absolute atomic E-state index is 11.7. The minimum absolute atomic E-state index is 0.0223. The van der Waals surface area contributed by atoms with Gasteiger partial charge in [-0.2, -0.15) is 0 Å². The molecule has 1 aliphatic heterocycles. The summed E-state index contributed by atoms with van der Waals surface area (Å²) >= 11 is 0. The SMILES string of the molecule is CC(C)CC(C)(O)CNC(=O)CC1CCCCO1. The molecule has 0 spiro atoms. The minimum atomic E-state index is -0.822. The molecule has 1 saturated heterocycles. The zero-order chi connectivity index (χ0) is 13.6. The summed E-state index contributed by atoms with van der Waals surface area (Å²) in [6.45, 7) is 6.97. The first-order chi connectivity index (χ1) is 8.39. The highest BCUT2D eigenvalue weighted by molar-refractivity contribution is 5.76. The smallest absolute Gasteiger partial charge is 0.222 e. The Labute approximate surface area is 110 Å². The molecule has 4 nitrogen and oxygen atoms in total. The van der Waals surface area contributed by atoms with E-state index in [1.165, 1.54) is 0 Å². The van der Waals surface area contributed by atoms with E-state index in [4.69, 9.17) is 4.74 Å². The van der Waals surface area contributed by atoms with Crippen LogP contribution < -0.4 is 5.32 Å². The minimum Gasteiger partial charge on any atom is -0.388 e. The lowest BCUT2D eigenvalue weighted by Crippen LogP contribution is -2.42. The Kier molecular flexibility index (Phi) is 6.09. The third kappa shape index (κ3) is 6.36. The molecular formula is C14H27NO3. The van der Waals surface area contributed by atoms with Gasteiger partial charge in [0, 0.05) is 13.2 Å². The summed E-state index contributed by atoms with van der Waals surface area (Å²) in [5, 5.41) is 12.9. The van der Waals surface area contributed by atoms with Crippen LogP contribution in [0.1, 0.15) is 52.9 Å². The van der Waals surface area contributed by atoms with E-state index in [1.807, 2.05) is 0 Å². The Morgan fingerprint density at radius 2 is 2.22 bits per heavy atom. The molecule has 2 atom stereocenters. The molecule has 0 aromatic rings. The Hall–Kier alpha value is -0.610. The van der Waals surface area contributed by atoms with E-state index >= 15 is 0 Å². The van der Waals surface area contributed by atoms with Crippen molar-refractivity contribution in [3.8, 4) is 0 Å². The van der Waals surface area contributed by atoms with E-state index in [9.17, 15) is 9.90 Å². The van der Waals surface area contributed by atoms with E-state index in [2.05, 4.69) is 19.2 Å². The van der Waals surface area contributed by atoms with Crippen LogP contribution in [0.5, 0.6) is 0 Å². The van der Waals surface area contributed by atoms with Gasteiger partial charge in [0.15, 0.2) is 0 Å². The van der Waals surface area contributed by atoms with Crippen molar-refractivity contribution in [3.05, 3.63) is 0 Å². The van der Waals surface area contributed by atoms with Gasteiger partial charge >= 0.3 is 0 Å². The van der Waals surface area contributed by atoms with Gasteiger partial charge in [-0.3, -0.25) is 4.79 Å². The van der Waals surface area contributed by atoms with Crippen molar-refractivity contribution in [1.29, 1.82) is 0 Å². The van der Waals surface area contributed by atoms with Crippen LogP contribution >= 0.6 is 0 Å². The average Bonchev–Trinajstić information content (AvgIpc) is 2.26. The Balaban J connectivity index is 2.23. The van der Waals surface area contributed by atoms with Crippen LogP contribution in [0.25, 0.3) is 0 Å². The summed E-state index contributed by atoms with van der Waals surface area (Å²) in [6.07, 6.45) is 4.37. The zero-order valence-electron chi connectivity index (χ0n) is 11.9. The predicted octanol–water partition coefficient (Wildman–Crippen LogP) is 1.86. The monoisotopic (exact) mass is 257 g/mol. The van der Waals surface area contributed by atoms with Crippen molar-refractivity contribution in [2.24, 2.45) is 5.92 Å². The summed E-state index contributed by atoms with van der Waals surface area (Å²) in [4.78, 5) is 11.7. The van der Waals surface area contributed by atoms with Gasteiger partial charge in [-0.1, -0.05) is 13.8 Å². The number of carbonyl (C=O) groups excluding carboxylic acids is 1. The number of nitrogens with one attached hydrogen (secondary N) is 1. The summed E-state index contributed by atoms with van der Waals surface area (Å²) in [7, 11) is 0. The Bertz CT molecular complexity index is 258. The van der Waals surface area contributed by atoms with E-state index in [-0.39, 0.29) is 12.0 Å². The number of amides is 1. The first-order valence-electron chi connectivity index (χ1n) is 7.00. The fourth-order valence-electron chi connectivity index (χ4n) is 2.49. The molecule has 0 bridgehead atoms. The number of rotatable bonds is 6. The van der Waals surface area contributed by atoms with Crippen LogP contribution in [-0.4, -0.2) is 35.9 Å². The van der Waals surface area contributed by atoms with E-state index in [1.54, 1.807) is 6.92 Å². The van der Waals surface area contributed by atoms with Gasteiger partial charge in [0.25, 0.3) is 0 Å². The maximum atomic E-state index is 11.7. The fourth-order valence-corrected chi connectivity index (χ4v) is 2.49. The second-order valence-corrected chi connectivity index (χ2v) is 6.06. The van der Waals surface area contributed by atoms with Gasteiger partial charge < -0.3 is 15.2 Å². The molecular weight excluding hydrogens is 230 g/mol. The summed E-state index contributed by atoms with van der Waals surface area (Å²) in [6, 6.07) is 0. The second-order valence-electron chi connectivity index (χ2n) is 6.06.